The molecular weight excluding hydrogens is 288 g/mol. The molecule has 0 radical (unpaired) electrons. The van der Waals surface area contributed by atoms with Crippen LogP contribution in [0.25, 0.3) is 0 Å². The molecule has 1 aromatic heterocycles. The van der Waals surface area contributed by atoms with Gasteiger partial charge in [-0.2, -0.15) is 0 Å². The van der Waals surface area contributed by atoms with E-state index in [1.807, 2.05) is 17.8 Å². The van der Waals surface area contributed by atoms with Gasteiger partial charge in [0.15, 0.2) is 5.16 Å². The minimum absolute atomic E-state index is 0.0146. The molecule has 114 valence electrons. The fraction of sp³-hybridized carbons (Fsp3) is 0.400. The second-order valence-electron chi connectivity index (χ2n) is 4.94. The first kappa shape index (κ1) is 16.0. The summed E-state index contributed by atoms with van der Waals surface area (Å²) >= 11 is 1.46. The van der Waals surface area contributed by atoms with E-state index in [4.69, 9.17) is 5.11 Å². The molecule has 0 spiro atoms. The average Bonchev–Trinajstić information content (AvgIpc) is 2.90. The largest absolute Gasteiger partial charge is 0.392 e. The van der Waals surface area contributed by atoms with Gasteiger partial charge in [0.2, 0.25) is 0 Å². The van der Waals surface area contributed by atoms with Crippen LogP contribution in [-0.4, -0.2) is 36.7 Å². The summed E-state index contributed by atoms with van der Waals surface area (Å²) < 4.78 is 1.89. The smallest absolute Gasteiger partial charge is 0.167 e. The zero-order valence-electron chi connectivity index (χ0n) is 11.9. The molecule has 0 amide bonds. The fourth-order valence-corrected chi connectivity index (χ4v) is 2.85. The minimum Gasteiger partial charge on any atom is -0.392 e. The van der Waals surface area contributed by atoms with Crippen molar-refractivity contribution in [3.8, 4) is 0 Å². The summed E-state index contributed by atoms with van der Waals surface area (Å²) in [6, 6.07) is 7.09. The van der Waals surface area contributed by atoms with Crippen molar-refractivity contribution in [2.24, 2.45) is 7.05 Å². The number of hydrogen-bond acceptors (Lipinski definition) is 5. The molecule has 2 rings (SSSR count). The lowest BCUT2D eigenvalue weighted by atomic mass is 10.0. The highest BCUT2D eigenvalue weighted by molar-refractivity contribution is 7.99. The van der Waals surface area contributed by atoms with Gasteiger partial charge in [0, 0.05) is 31.6 Å². The third-order valence-corrected chi connectivity index (χ3v) is 4.43. The number of thioether (sulfide) groups is 1. The summed E-state index contributed by atoms with van der Waals surface area (Å²) in [5, 5.41) is 30.0. The minimum atomic E-state index is -0.713. The number of aliphatic hydroxyl groups is 3. The van der Waals surface area contributed by atoms with Crippen LogP contribution in [0.5, 0.6) is 0 Å². The standard InChI is InChI=1S/C15H20N2O3S/c1-17-7-6-16-15(17)21-10-13(19)8-14(20)12-4-2-11(9-18)3-5-12/h2-7,13-14,18-20H,8-10H2,1H3/t13-,14+/m0/s1. The summed E-state index contributed by atoms with van der Waals surface area (Å²) in [5.41, 5.74) is 1.55. The van der Waals surface area contributed by atoms with E-state index < -0.39 is 12.2 Å². The summed E-state index contributed by atoms with van der Waals surface area (Å²) in [4.78, 5) is 4.17. The van der Waals surface area contributed by atoms with E-state index in [0.29, 0.717) is 5.75 Å². The molecule has 5 nitrogen and oxygen atoms in total. The van der Waals surface area contributed by atoms with Crippen LogP contribution in [0, 0.1) is 0 Å². The maximum absolute atomic E-state index is 10.1. The normalized spacial score (nSPS) is 14.1. The maximum atomic E-state index is 10.1. The molecule has 1 aromatic carbocycles. The van der Waals surface area contributed by atoms with Crippen LogP contribution >= 0.6 is 11.8 Å². The Kier molecular flexibility index (Phi) is 5.81. The zero-order valence-corrected chi connectivity index (χ0v) is 12.7. The highest BCUT2D eigenvalue weighted by Gasteiger charge is 2.15. The summed E-state index contributed by atoms with van der Waals surface area (Å²) in [6.45, 7) is -0.0146. The molecule has 0 aliphatic carbocycles. The Morgan fingerprint density at radius 1 is 1.24 bits per heavy atom. The predicted molar refractivity (Wildman–Crippen MR) is 81.9 cm³/mol. The fourth-order valence-electron chi connectivity index (χ4n) is 1.97. The molecule has 0 bridgehead atoms. The number of hydrogen-bond donors (Lipinski definition) is 3. The average molecular weight is 308 g/mol. The lowest BCUT2D eigenvalue weighted by Gasteiger charge is -2.16. The van der Waals surface area contributed by atoms with Crippen molar-refractivity contribution in [3.05, 3.63) is 47.8 Å². The van der Waals surface area contributed by atoms with Crippen molar-refractivity contribution in [3.63, 3.8) is 0 Å². The van der Waals surface area contributed by atoms with Gasteiger partial charge in [0.25, 0.3) is 0 Å². The second kappa shape index (κ2) is 7.61. The van der Waals surface area contributed by atoms with Crippen LogP contribution in [0.1, 0.15) is 23.7 Å². The number of rotatable bonds is 7. The van der Waals surface area contributed by atoms with Crippen LogP contribution in [0.3, 0.4) is 0 Å². The van der Waals surface area contributed by atoms with Gasteiger partial charge in [-0.3, -0.25) is 0 Å². The van der Waals surface area contributed by atoms with E-state index in [2.05, 4.69) is 4.98 Å². The van der Waals surface area contributed by atoms with Gasteiger partial charge in [-0.05, 0) is 11.1 Å². The monoisotopic (exact) mass is 308 g/mol. The Hall–Kier alpha value is -1.34. The number of benzene rings is 1. The van der Waals surface area contributed by atoms with E-state index in [1.54, 1.807) is 30.5 Å². The molecule has 0 fully saturated rings. The molecule has 2 atom stereocenters. The molecule has 3 N–H and O–H groups in total. The van der Waals surface area contributed by atoms with Crippen LogP contribution < -0.4 is 0 Å². The number of aromatic nitrogens is 2. The van der Waals surface area contributed by atoms with Gasteiger partial charge in [-0.1, -0.05) is 36.0 Å². The van der Waals surface area contributed by atoms with Gasteiger partial charge in [0.05, 0.1) is 18.8 Å². The molecule has 1 heterocycles. The van der Waals surface area contributed by atoms with Gasteiger partial charge in [-0.25, -0.2) is 4.98 Å². The SMILES string of the molecule is Cn1ccnc1SC[C@@H](O)C[C@@H](O)c1ccc(CO)cc1. The molecular formula is C15H20N2O3S. The summed E-state index contributed by atoms with van der Waals surface area (Å²) in [5.74, 6) is 0.483. The molecule has 0 aliphatic heterocycles. The van der Waals surface area contributed by atoms with Crippen molar-refractivity contribution in [1.82, 2.24) is 9.55 Å². The first-order chi connectivity index (χ1) is 10.1. The Balaban J connectivity index is 1.83. The van der Waals surface area contributed by atoms with Gasteiger partial charge < -0.3 is 19.9 Å². The van der Waals surface area contributed by atoms with Crippen LogP contribution in [-0.2, 0) is 13.7 Å². The van der Waals surface area contributed by atoms with Crippen molar-refractivity contribution >= 4 is 11.8 Å². The summed E-state index contributed by atoms with van der Waals surface area (Å²) in [6.07, 6.45) is 2.52. The van der Waals surface area contributed by atoms with E-state index in [1.165, 1.54) is 11.8 Å². The Morgan fingerprint density at radius 2 is 1.95 bits per heavy atom. The van der Waals surface area contributed by atoms with Gasteiger partial charge >= 0.3 is 0 Å². The number of aryl methyl sites for hydroxylation is 1. The van der Waals surface area contributed by atoms with Crippen LogP contribution in [0.2, 0.25) is 0 Å². The Bertz CT molecular complexity index is 556. The molecule has 21 heavy (non-hydrogen) atoms. The van der Waals surface area contributed by atoms with Gasteiger partial charge in [0.1, 0.15) is 0 Å². The van der Waals surface area contributed by atoms with E-state index >= 15 is 0 Å². The highest BCUT2D eigenvalue weighted by Crippen LogP contribution is 2.22. The predicted octanol–water partition coefficient (Wildman–Crippen LogP) is 1.49. The quantitative estimate of drug-likeness (QED) is 0.676. The Morgan fingerprint density at radius 3 is 2.52 bits per heavy atom. The van der Waals surface area contributed by atoms with Crippen molar-refractivity contribution in [2.75, 3.05) is 5.75 Å². The first-order valence-electron chi connectivity index (χ1n) is 6.76. The highest BCUT2D eigenvalue weighted by atomic mass is 32.2. The lowest BCUT2D eigenvalue weighted by molar-refractivity contribution is 0.0930. The molecule has 0 saturated heterocycles. The third kappa shape index (κ3) is 4.57. The van der Waals surface area contributed by atoms with E-state index in [0.717, 1.165) is 16.3 Å². The first-order valence-corrected chi connectivity index (χ1v) is 7.74. The molecule has 0 aliphatic rings. The second-order valence-corrected chi connectivity index (χ2v) is 5.92. The van der Waals surface area contributed by atoms with Crippen LogP contribution in [0.15, 0.2) is 41.8 Å². The van der Waals surface area contributed by atoms with Crippen LogP contribution in [0.4, 0.5) is 0 Å². The summed E-state index contributed by atoms with van der Waals surface area (Å²) in [7, 11) is 1.90. The van der Waals surface area contributed by atoms with Crippen molar-refractivity contribution in [1.29, 1.82) is 0 Å². The lowest BCUT2D eigenvalue weighted by Crippen LogP contribution is -2.15. The molecule has 0 unspecified atom stereocenters. The number of aliphatic hydroxyl groups excluding tert-OH is 3. The maximum Gasteiger partial charge on any atom is 0.167 e. The molecule has 6 heteroatoms. The van der Waals surface area contributed by atoms with Gasteiger partial charge in [-0.15, -0.1) is 0 Å². The third-order valence-electron chi connectivity index (χ3n) is 3.22. The molecule has 2 aromatic rings. The van der Waals surface area contributed by atoms with Crippen molar-refractivity contribution < 1.29 is 15.3 Å². The van der Waals surface area contributed by atoms with Crippen molar-refractivity contribution in [2.45, 2.75) is 30.4 Å². The zero-order chi connectivity index (χ0) is 15.2. The van der Waals surface area contributed by atoms with E-state index in [9.17, 15) is 10.2 Å². The Labute approximate surface area is 128 Å². The van der Waals surface area contributed by atoms with E-state index in [-0.39, 0.29) is 13.0 Å². The molecule has 0 saturated carbocycles. The topological polar surface area (TPSA) is 78.5 Å². The number of imidazole rings is 1. The number of nitrogens with zero attached hydrogens (tertiary/aromatic N) is 2.